The SMILES string of the molecule is CC1(C(=O)O)C(=O)c2sc(Br)cc2C1c1cccc(F)c1. The highest BCUT2D eigenvalue weighted by atomic mass is 79.9. The van der Waals surface area contributed by atoms with Crippen molar-refractivity contribution in [3.05, 3.63) is 55.9 Å². The van der Waals surface area contributed by atoms with E-state index in [1.807, 2.05) is 0 Å². The predicted octanol–water partition coefficient (Wildman–Crippen LogP) is 4.07. The highest BCUT2D eigenvalue weighted by Crippen LogP contribution is 2.54. The Morgan fingerprint density at radius 1 is 1.43 bits per heavy atom. The molecule has 21 heavy (non-hydrogen) atoms. The molecular formula is C15H10BrFO3S. The van der Waals surface area contributed by atoms with Gasteiger partial charge in [-0.2, -0.15) is 0 Å². The smallest absolute Gasteiger partial charge is 0.318 e. The normalized spacial score (nSPS) is 24.1. The van der Waals surface area contributed by atoms with Crippen LogP contribution in [0.4, 0.5) is 4.39 Å². The lowest BCUT2D eigenvalue weighted by atomic mass is 9.73. The molecule has 3 rings (SSSR count). The van der Waals surface area contributed by atoms with Crippen LogP contribution in [0.2, 0.25) is 0 Å². The van der Waals surface area contributed by atoms with Crippen molar-refractivity contribution in [1.29, 1.82) is 0 Å². The molecule has 3 nitrogen and oxygen atoms in total. The number of carbonyl (C=O) groups is 2. The summed E-state index contributed by atoms with van der Waals surface area (Å²) in [7, 11) is 0. The lowest BCUT2D eigenvalue weighted by Gasteiger charge is -2.26. The summed E-state index contributed by atoms with van der Waals surface area (Å²) in [6.45, 7) is 1.41. The molecular weight excluding hydrogens is 359 g/mol. The summed E-state index contributed by atoms with van der Waals surface area (Å²) in [6.07, 6.45) is 0. The number of Topliss-reactive ketones (excluding diaryl/α,β-unsaturated/α-hetero) is 1. The number of fused-ring (bicyclic) bond motifs is 1. The Balaban J connectivity index is 2.27. The van der Waals surface area contributed by atoms with Gasteiger partial charge in [0.05, 0.1) is 8.66 Å². The molecule has 0 saturated heterocycles. The van der Waals surface area contributed by atoms with Gasteiger partial charge in [-0.3, -0.25) is 9.59 Å². The number of benzene rings is 1. The largest absolute Gasteiger partial charge is 0.480 e. The van der Waals surface area contributed by atoms with Crippen LogP contribution in [0.25, 0.3) is 0 Å². The Hall–Kier alpha value is -1.53. The maximum absolute atomic E-state index is 13.5. The third-order valence-corrected chi connectivity index (χ3v) is 5.58. The molecule has 0 bridgehead atoms. The molecule has 108 valence electrons. The Morgan fingerprint density at radius 2 is 2.14 bits per heavy atom. The zero-order chi connectivity index (χ0) is 15.4. The van der Waals surface area contributed by atoms with Gasteiger partial charge in [0.1, 0.15) is 11.2 Å². The maximum atomic E-state index is 13.5. The van der Waals surface area contributed by atoms with E-state index in [1.165, 1.54) is 36.5 Å². The van der Waals surface area contributed by atoms with E-state index in [9.17, 15) is 19.1 Å². The first-order chi connectivity index (χ1) is 9.85. The summed E-state index contributed by atoms with van der Waals surface area (Å²) in [6, 6.07) is 7.52. The van der Waals surface area contributed by atoms with Gasteiger partial charge >= 0.3 is 5.97 Å². The summed E-state index contributed by atoms with van der Waals surface area (Å²) in [4.78, 5) is 24.7. The van der Waals surface area contributed by atoms with E-state index >= 15 is 0 Å². The summed E-state index contributed by atoms with van der Waals surface area (Å²) < 4.78 is 14.3. The van der Waals surface area contributed by atoms with Gasteiger partial charge in [-0.15, -0.1) is 11.3 Å². The lowest BCUT2D eigenvalue weighted by molar-refractivity contribution is -0.145. The molecule has 1 aromatic carbocycles. The van der Waals surface area contributed by atoms with Crippen molar-refractivity contribution in [2.45, 2.75) is 12.8 Å². The zero-order valence-electron chi connectivity index (χ0n) is 10.9. The fourth-order valence-corrected chi connectivity index (χ4v) is 4.58. The van der Waals surface area contributed by atoms with Crippen LogP contribution in [0.5, 0.6) is 0 Å². The number of thiophene rings is 1. The van der Waals surface area contributed by atoms with Gasteiger partial charge < -0.3 is 5.11 Å². The van der Waals surface area contributed by atoms with Gasteiger partial charge in [0, 0.05) is 5.92 Å². The Kier molecular flexibility index (Phi) is 3.26. The van der Waals surface area contributed by atoms with E-state index in [1.54, 1.807) is 12.1 Å². The number of hydrogen-bond donors (Lipinski definition) is 1. The van der Waals surface area contributed by atoms with E-state index in [0.29, 0.717) is 16.0 Å². The molecule has 1 aliphatic carbocycles. The molecule has 1 aromatic heterocycles. The molecule has 1 aliphatic rings. The second kappa shape index (κ2) is 4.74. The average Bonchev–Trinajstić information content (AvgIpc) is 2.87. The first-order valence-electron chi connectivity index (χ1n) is 6.18. The summed E-state index contributed by atoms with van der Waals surface area (Å²) >= 11 is 4.54. The number of rotatable bonds is 2. The number of halogens is 2. The Morgan fingerprint density at radius 3 is 2.76 bits per heavy atom. The lowest BCUT2D eigenvalue weighted by Crippen LogP contribution is -2.37. The van der Waals surface area contributed by atoms with Gasteiger partial charge in [-0.05, 0) is 52.2 Å². The van der Waals surface area contributed by atoms with Crippen LogP contribution < -0.4 is 0 Å². The van der Waals surface area contributed by atoms with Crippen molar-refractivity contribution in [2.75, 3.05) is 0 Å². The average molecular weight is 369 g/mol. The minimum atomic E-state index is -1.60. The van der Waals surface area contributed by atoms with Crippen molar-refractivity contribution in [1.82, 2.24) is 0 Å². The molecule has 1 N–H and O–H groups in total. The van der Waals surface area contributed by atoms with Crippen LogP contribution in [0.3, 0.4) is 0 Å². The van der Waals surface area contributed by atoms with Gasteiger partial charge in [-0.1, -0.05) is 12.1 Å². The quantitative estimate of drug-likeness (QED) is 0.812. The monoisotopic (exact) mass is 368 g/mol. The molecule has 0 fully saturated rings. The molecule has 0 spiro atoms. The molecule has 1 heterocycles. The van der Waals surface area contributed by atoms with Crippen molar-refractivity contribution >= 4 is 39.0 Å². The minimum Gasteiger partial charge on any atom is -0.480 e. The second-order valence-electron chi connectivity index (χ2n) is 5.16. The van der Waals surface area contributed by atoms with Crippen LogP contribution in [0.1, 0.15) is 33.6 Å². The molecule has 0 aliphatic heterocycles. The number of carboxylic acids is 1. The van der Waals surface area contributed by atoms with Gasteiger partial charge in [0.15, 0.2) is 5.78 Å². The van der Waals surface area contributed by atoms with E-state index < -0.39 is 28.9 Å². The number of carboxylic acid groups (broad SMARTS) is 1. The van der Waals surface area contributed by atoms with Crippen molar-refractivity contribution in [2.24, 2.45) is 5.41 Å². The molecule has 6 heteroatoms. The van der Waals surface area contributed by atoms with Crippen LogP contribution >= 0.6 is 27.3 Å². The zero-order valence-corrected chi connectivity index (χ0v) is 13.3. The van der Waals surface area contributed by atoms with Crippen LogP contribution in [-0.2, 0) is 4.79 Å². The van der Waals surface area contributed by atoms with Crippen molar-refractivity contribution < 1.29 is 19.1 Å². The molecule has 0 radical (unpaired) electrons. The third-order valence-electron chi connectivity index (χ3n) is 3.92. The summed E-state index contributed by atoms with van der Waals surface area (Å²) in [5, 5.41) is 9.58. The van der Waals surface area contributed by atoms with Crippen LogP contribution in [0, 0.1) is 11.2 Å². The minimum absolute atomic E-state index is 0.421. The number of carbonyl (C=O) groups excluding carboxylic acids is 1. The van der Waals surface area contributed by atoms with Gasteiger partial charge in [-0.25, -0.2) is 4.39 Å². The Labute approximate surface area is 132 Å². The first-order valence-corrected chi connectivity index (χ1v) is 7.79. The predicted molar refractivity (Wildman–Crippen MR) is 80.3 cm³/mol. The molecule has 0 saturated carbocycles. The summed E-state index contributed by atoms with van der Waals surface area (Å²) in [5.41, 5.74) is -0.458. The highest BCUT2D eigenvalue weighted by Gasteiger charge is 2.56. The van der Waals surface area contributed by atoms with E-state index in [4.69, 9.17) is 0 Å². The third kappa shape index (κ3) is 1.97. The van der Waals surface area contributed by atoms with Crippen molar-refractivity contribution in [3.63, 3.8) is 0 Å². The number of aliphatic carboxylic acids is 1. The van der Waals surface area contributed by atoms with Crippen molar-refractivity contribution in [3.8, 4) is 0 Å². The van der Waals surface area contributed by atoms with E-state index in [0.717, 1.165) is 3.79 Å². The fraction of sp³-hybridized carbons (Fsp3) is 0.200. The molecule has 0 amide bonds. The number of hydrogen-bond acceptors (Lipinski definition) is 3. The van der Waals surface area contributed by atoms with Crippen LogP contribution in [0.15, 0.2) is 34.1 Å². The summed E-state index contributed by atoms with van der Waals surface area (Å²) in [5.74, 6) is -2.75. The fourth-order valence-electron chi connectivity index (χ4n) is 2.86. The van der Waals surface area contributed by atoms with Gasteiger partial charge in [0.25, 0.3) is 0 Å². The van der Waals surface area contributed by atoms with Crippen LogP contribution in [-0.4, -0.2) is 16.9 Å². The van der Waals surface area contributed by atoms with E-state index in [-0.39, 0.29) is 0 Å². The number of ketones is 1. The maximum Gasteiger partial charge on any atom is 0.318 e. The topological polar surface area (TPSA) is 54.4 Å². The Bertz CT molecular complexity index is 770. The molecule has 2 unspecified atom stereocenters. The molecule has 2 aromatic rings. The molecule has 2 atom stereocenters. The highest BCUT2D eigenvalue weighted by molar-refractivity contribution is 9.11. The van der Waals surface area contributed by atoms with E-state index in [2.05, 4.69) is 15.9 Å². The standard InChI is InChI=1S/C15H10BrFO3S/c1-15(14(19)20)11(7-3-2-4-8(17)5-7)9-6-10(16)21-12(9)13(15)18/h2-6,11H,1H3,(H,19,20). The van der Waals surface area contributed by atoms with Gasteiger partial charge in [0.2, 0.25) is 0 Å². The first kappa shape index (κ1) is 14.4. The second-order valence-corrected chi connectivity index (χ2v) is 7.59.